The van der Waals surface area contributed by atoms with Gasteiger partial charge in [-0.15, -0.1) is 0 Å². The van der Waals surface area contributed by atoms with E-state index in [0.717, 1.165) is 0 Å². The summed E-state index contributed by atoms with van der Waals surface area (Å²) in [6, 6.07) is -0.579. The lowest BCUT2D eigenvalue weighted by Crippen LogP contribution is -2.37. The highest BCUT2D eigenvalue weighted by Crippen LogP contribution is 1.74. The molecule has 0 aliphatic rings. The van der Waals surface area contributed by atoms with Gasteiger partial charge in [-0.2, -0.15) is 0 Å². The summed E-state index contributed by atoms with van der Waals surface area (Å²) in [5.74, 6) is -0.0411. The molecular weight excluding hydrogens is 172 g/mol. The van der Waals surface area contributed by atoms with E-state index in [0.29, 0.717) is 26.1 Å². The first-order valence-electron chi connectivity index (χ1n) is 4.11. The first kappa shape index (κ1) is 11.7. The van der Waals surface area contributed by atoms with Crippen molar-refractivity contribution in [2.24, 2.45) is 5.73 Å². The molecule has 0 aliphatic heterocycles. The van der Waals surface area contributed by atoms with Gasteiger partial charge in [0.05, 0.1) is 0 Å². The molecule has 0 atom stereocenters. The molecule has 0 aliphatic carbocycles. The molecule has 0 radical (unpaired) electrons. The van der Waals surface area contributed by atoms with Crippen LogP contribution < -0.4 is 21.7 Å². The van der Waals surface area contributed by atoms with Gasteiger partial charge in [0.15, 0.2) is 0 Å². The van der Waals surface area contributed by atoms with E-state index < -0.39 is 6.03 Å². The second-order valence-electron chi connectivity index (χ2n) is 2.49. The highest BCUT2D eigenvalue weighted by Gasteiger charge is 1.98. The maximum Gasteiger partial charge on any atom is 0.312 e. The summed E-state index contributed by atoms with van der Waals surface area (Å²) in [4.78, 5) is 21.2. The van der Waals surface area contributed by atoms with Crippen LogP contribution in [0.25, 0.3) is 0 Å². The van der Waals surface area contributed by atoms with Crippen molar-refractivity contribution in [1.29, 1.82) is 0 Å². The molecular formula is C7H16N4O2. The van der Waals surface area contributed by atoms with Gasteiger partial charge in [0.2, 0.25) is 5.91 Å². The number of carbonyl (C=O) groups is 2. The molecule has 0 bridgehead atoms. The van der Waals surface area contributed by atoms with Crippen molar-refractivity contribution in [3.63, 3.8) is 0 Å². The van der Waals surface area contributed by atoms with E-state index >= 15 is 0 Å². The molecule has 0 unspecified atom stereocenters. The molecule has 3 amide bonds. The predicted octanol–water partition coefficient (Wildman–Crippen LogP) is -1.62. The lowest BCUT2D eigenvalue weighted by atomic mass is 10.4. The Kier molecular flexibility index (Phi) is 6.62. The van der Waals surface area contributed by atoms with Crippen LogP contribution in [0.5, 0.6) is 0 Å². The van der Waals surface area contributed by atoms with Gasteiger partial charge in [-0.25, -0.2) is 4.79 Å². The lowest BCUT2D eigenvalue weighted by Gasteiger charge is -2.04. The third-order valence-corrected chi connectivity index (χ3v) is 1.35. The Hall–Kier alpha value is -1.30. The Morgan fingerprint density at radius 2 is 1.77 bits per heavy atom. The Morgan fingerprint density at radius 1 is 1.15 bits per heavy atom. The maximum absolute atomic E-state index is 11.0. The lowest BCUT2D eigenvalue weighted by molar-refractivity contribution is -0.120. The third kappa shape index (κ3) is 8.61. The Bertz CT molecular complexity index is 172. The molecule has 76 valence electrons. The van der Waals surface area contributed by atoms with Crippen molar-refractivity contribution in [3.05, 3.63) is 0 Å². The molecule has 0 saturated heterocycles. The van der Waals surface area contributed by atoms with Crippen molar-refractivity contribution in [1.82, 2.24) is 16.0 Å². The first-order chi connectivity index (χ1) is 6.16. The second kappa shape index (κ2) is 7.35. The summed E-state index contributed by atoms with van der Waals surface area (Å²) in [7, 11) is 1.78. The number of nitrogens with one attached hydrogen (secondary N) is 3. The van der Waals surface area contributed by atoms with E-state index in [2.05, 4.69) is 16.0 Å². The molecule has 6 nitrogen and oxygen atoms in total. The van der Waals surface area contributed by atoms with Crippen LogP contribution in [0, 0.1) is 0 Å². The van der Waals surface area contributed by atoms with Crippen molar-refractivity contribution in [2.75, 3.05) is 26.7 Å². The second-order valence-corrected chi connectivity index (χ2v) is 2.49. The van der Waals surface area contributed by atoms with E-state index in [-0.39, 0.29) is 5.91 Å². The number of nitrogens with two attached hydrogens (primary N) is 1. The van der Waals surface area contributed by atoms with Gasteiger partial charge in [0.25, 0.3) is 0 Å². The van der Waals surface area contributed by atoms with E-state index in [1.165, 1.54) is 0 Å². The molecule has 6 heteroatoms. The summed E-state index contributed by atoms with van der Waals surface area (Å²) in [6.45, 7) is 1.42. The maximum atomic E-state index is 11.0. The summed E-state index contributed by atoms with van der Waals surface area (Å²) < 4.78 is 0. The minimum atomic E-state index is -0.579. The van der Waals surface area contributed by atoms with Crippen LogP contribution in [0.15, 0.2) is 0 Å². The Morgan fingerprint density at radius 3 is 2.31 bits per heavy atom. The minimum Gasteiger partial charge on any atom is -0.354 e. The van der Waals surface area contributed by atoms with E-state index in [1.54, 1.807) is 7.05 Å². The van der Waals surface area contributed by atoms with Crippen LogP contribution in [0.1, 0.15) is 6.42 Å². The fourth-order valence-electron chi connectivity index (χ4n) is 0.715. The first-order valence-corrected chi connectivity index (χ1v) is 4.11. The molecule has 0 spiro atoms. The van der Waals surface area contributed by atoms with Gasteiger partial charge in [0.1, 0.15) is 0 Å². The highest BCUT2D eigenvalue weighted by molar-refractivity contribution is 5.76. The zero-order valence-corrected chi connectivity index (χ0v) is 7.72. The number of hydrogen-bond acceptors (Lipinski definition) is 3. The minimum absolute atomic E-state index is 0.0411. The van der Waals surface area contributed by atoms with Crippen LogP contribution in [0.2, 0.25) is 0 Å². The largest absolute Gasteiger partial charge is 0.354 e. The molecule has 0 rings (SSSR count). The number of amides is 3. The molecule has 0 saturated carbocycles. The molecule has 0 aromatic heterocycles. The average Bonchev–Trinajstić information content (AvgIpc) is 2.08. The summed E-state index contributed by atoms with van der Waals surface area (Å²) in [6.07, 6.45) is 0.438. The van der Waals surface area contributed by atoms with E-state index in [9.17, 15) is 9.59 Å². The molecule has 0 aromatic carbocycles. The van der Waals surface area contributed by atoms with Crippen molar-refractivity contribution in [2.45, 2.75) is 6.42 Å². The topological polar surface area (TPSA) is 96.2 Å². The zero-order valence-electron chi connectivity index (χ0n) is 7.72. The summed E-state index contributed by atoms with van der Waals surface area (Å²) in [5.41, 5.74) is 4.82. The monoisotopic (exact) mass is 188 g/mol. The number of hydrogen-bond donors (Lipinski definition) is 4. The third-order valence-electron chi connectivity index (χ3n) is 1.35. The number of carbonyl (C=O) groups excluding carboxylic acids is 2. The smallest absolute Gasteiger partial charge is 0.312 e. The normalized spacial score (nSPS) is 9.31. The number of urea groups is 1. The Labute approximate surface area is 77.2 Å². The van der Waals surface area contributed by atoms with E-state index in [4.69, 9.17) is 5.73 Å². The van der Waals surface area contributed by atoms with E-state index in [1.807, 2.05) is 0 Å². The van der Waals surface area contributed by atoms with Crippen LogP contribution in [-0.2, 0) is 4.79 Å². The van der Waals surface area contributed by atoms with Crippen molar-refractivity contribution >= 4 is 11.9 Å². The van der Waals surface area contributed by atoms with Crippen LogP contribution in [0.3, 0.4) is 0 Å². The molecule has 0 heterocycles. The highest BCUT2D eigenvalue weighted by atomic mass is 16.2. The Balaban J connectivity index is 3.22. The SMILES string of the molecule is CNCCC(=O)NCCNC(N)=O. The van der Waals surface area contributed by atoms with Crippen molar-refractivity contribution in [3.8, 4) is 0 Å². The zero-order chi connectivity index (χ0) is 10.1. The molecule has 0 fully saturated rings. The van der Waals surface area contributed by atoms with Gasteiger partial charge in [0, 0.05) is 26.1 Å². The molecule has 5 N–H and O–H groups in total. The standard InChI is InChI=1S/C7H16N4O2/c1-9-3-2-6(12)10-4-5-11-7(8)13/h9H,2-5H2,1H3,(H,10,12)(H3,8,11,13). The predicted molar refractivity (Wildman–Crippen MR) is 49.1 cm³/mol. The fourth-order valence-corrected chi connectivity index (χ4v) is 0.715. The fraction of sp³-hybridized carbons (Fsp3) is 0.714. The van der Waals surface area contributed by atoms with Crippen LogP contribution in [0.4, 0.5) is 4.79 Å². The van der Waals surface area contributed by atoms with Crippen LogP contribution >= 0.6 is 0 Å². The van der Waals surface area contributed by atoms with Gasteiger partial charge >= 0.3 is 6.03 Å². The van der Waals surface area contributed by atoms with Crippen LogP contribution in [-0.4, -0.2) is 38.6 Å². The van der Waals surface area contributed by atoms with Crippen molar-refractivity contribution < 1.29 is 9.59 Å². The number of rotatable bonds is 6. The summed E-state index contributed by atoms with van der Waals surface area (Å²) in [5, 5.41) is 7.85. The summed E-state index contributed by atoms with van der Waals surface area (Å²) >= 11 is 0. The van der Waals surface area contributed by atoms with Gasteiger partial charge in [-0.05, 0) is 7.05 Å². The van der Waals surface area contributed by atoms with Gasteiger partial charge in [-0.1, -0.05) is 0 Å². The molecule has 13 heavy (non-hydrogen) atoms. The number of primary amides is 1. The van der Waals surface area contributed by atoms with Gasteiger partial charge in [-0.3, -0.25) is 4.79 Å². The average molecular weight is 188 g/mol. The van der Waals surface area contributed by atoms with Gasteiger partial charge < -0.3 is 21.7 Å². The quantitative estimate of drug-likeness (QED) is 0.377. The molecule has 0 aromatic rings.